The molecule has 0 radical (unpaired) electrons. The zero-order chi connectivity index (χ0) is 32.2. The number of rotatable bonds is 11. The fourth-order valence-electron chi connectivity index (χ4n) is 6.82. The number of halogens is 4. The van der Waals surface area contributed by atoms with Crippen LogP contribution in [0, 0.1) is 0 Å². The van der Waals surface area contributed by atoms with Crippen molar-refractivity contribution < 1.29 is 0 Å². The highest BCUT2D eigenvalue weighted by Gasteiger charge is 2.23. The van der Waals surface area contributed by atoms with Gasteiger partial charge in [0, 0.05) is 0 Å². The Hall–Kier alpha value is -3.00. The van der Waals surface area contributed by atoms with Crippen molar-refractivity contribution in [2.75, 3.05) is 0 Å². The first-order chi connectivity index (χ1) is 22.4. The molecule has 0 bridgehead atoms. The summed E-state index contributed by atoms with van der Waals surface area (Å²) >= 11 is 26.2. The fraction of sp³-hybridized carbons (Fsp3) is 0.238. The Balaban J connectivity index is 1.78. The van der Waals surface area contributed by atoms with Gasteiger partial charge in [0.2, 0.25) is 0 Å². The smallest absolute Gasteiger partial charge is 0.0598 e. The maximum atomic E-state index is 6.65. The highest BCUT2D eigenvalue weighted by molar-refractivity contribution is 6.42. The van der Waals surface area contributed by atoms with Crippen LogP contribution in [0.1, 0.15) is 63.5 Å². The van der Waals surface area contributed by atoms with Gasteiger partial charge in [-0.1, -0.05) is 147 Å². The van der Waals surface area contributed by atoms with Gasteiger partial charge in [-0.15, -0.1) is 0 Å². The summed E-state index contributed by atoms with van der Waals surface area (Å²) in [6.45, 7) is 4.53. The molecule has 0 aliphatic heterocycles. The van der Waals surface area contributed by atoms with Gasteiger partial charge in [-0.25, -0.2) is 0 Å². The van der Waals surface area contributed by atoms with Gasteiger partial charge in [-0.05, 0) is 128 Å². The first-order valence-electron chi connectivity index (χ1n) is 16.4. The zero-order valence-corrected chi connectivity index (χ0v) is 29.4. The van der Waals surface area contributed by atoms with E-state index in [0.717, 1.165) is 49.7 Å². The Labute approximate surface area is 293 Å². The molecule has 6 rings (SSSR count). The van der Waals surface area contributed by atoms with E-state index in [4.69, 9.17) is 46.4 Å². The maximum Gasteiger partial charge on any atom is 0.0598 e. The van der Waals surface area contributed by atoms with Crippen LogP contribution >= 0.6 is 46.4 Å². The number of unbranched alkanes of at least 4 members (excludes halogenated alkanes) is 4. The number of benzene rings is 6. The van der Waals surface area contributed by atoms with Gasteiger partial charge in [-0.2, -0.15) is 0 Å². The predicted molar refractivity (Wildman–Crippen MR) is 204 cm³/mol. The lowest BCUT2D eigenvalue weighted by molar-refractivity contribution is 0.716. The topological polar surface area (TPSA) is 0 Å². The first-order valence-corrected chi connectivity index (χ1v) is 17.9. The van der Waals surface area contributed by atoms with Crippen LogP contribution in [0.5, 0.6) is 0 Å². The third-order valence-electron chi connectivity index (χ3n) is 9.09. The molecule has 6 aromatic rings. The SMILES string of the molecule is CCCCCc1c(-c2ccc(Cl)c(Cl)c2)cc2ccccc2c1-c1c(CCCCC)c(-c2ccc(Cl)c(Cl)c2)cc2ccccc12. The van der Waals surface area contributed by atoms with E-state index in [1.807, 2.05) is 24.3 Å². The molecular weight excluding hydrogens is 646 g/mol. The van der Waals surface area contributed by atoms with E-state index < -0.39 is 0 Å². The van der Waals surface area contributed by atoms with Crippen molar-refractivity contribution in [2.45, 2.75) is 65.2 Å². The average Bonchev–Trinajstić information content (AvgIpc) is 3.07. The van der Waals surface area contributed by atoms with Crippen molar-refractivity contribution in [3.05, 3.63) is 128 Å². The Morgan fingerprint density at radius 3 is 1.24 bits per heavy atom. The molecule has 4 heteroatoms. The third-order valence-corrected chi connectivity index (χ3v) is 10.6. The van der Waals surface area contributed by atoms with Gasteiger partial charge in [0.15, 0.2) is 0 Å². The molecule has 0 amide bonds. The zero-order valence-electron chi connectivity index (χ0n) is 26.4. The Bertz CT molecular complexity index is 1880. The molecule has 0 aliphatic carbocycles. The molecule has 0 fully saturated rings. The molecule has 0 unspecified atom stereocenters. The Morgan fingerprint density at radius 2 is 0.848 bits per heavy atom. The van der Waals surface area contributed by atoms with E-state index in [1.54, 1.807) is 0 Å². The van der Waals surface area contributed by atoms with E-state index in [1.165, 1.54) is 67.8 Å². The molecular formula is C42H38Cl4. The second kappa shape index (κ2) is 14.8. The summed E-state index contributed by atoms with van der Waals surface area (Å²) in [7, 11) is 0. The van der Waals surface area contributed by atoms with Crippen molar-refractivity contribution in [3.8, 4) is 33.4 Å². The van der Waals surface area contributed by atoms with Crippen LogP contribution in [-0.2, 0) is 12.8 Å². The summed E-state index contributed by atoms with van der Waals surface area (Å²) in [5, 5.41) is 7.23. The molecule has 0 N–H and O–H groups in total. The van der Waals surface area contributed by atoms with Gasteiger partial charge in [-0.3, -0.25) is 0 Å². The highest BCUT2D eigenvalue weighted by atomic mass is 35.5. The molecule has 234 valence electrons. The standard InChI is InChI=1S/C42H38Cl4/c1-3-5-7-17-33-35(29-19-21-37(43)39(45)25-29)23-27-13-9-11-15-31(27)41(33)42-32-16-12-10-14-28(32)24-36(34(42)18-8-6-4-2)30-20-22-38(44)40(46)26-30/h9-16,19-26H,3-8,17-18H2,1-2H3. The molecule has 0 saturated heterocycles. The molecule has 46 heavy (non-hydrogen) atoms. The fourth-order valence-corrected chi connectivity index (χ4v) is 7.41. The molecule has 0 saturated carbocycles. The van der Waals surface area contributed by atoms with Crippen LogP contribution in [0.2, 0.25) is 20.1 Å². The van der Waals surface area contributed by atoms with Crippen molar-refractivity contribution in [3.63, 3.8) is 0 Å². The summed E-state index contributed by atoms with van der Waals surface area (Å²) in [4.78, 5) is 0. The average molecular weight is 685 g/mol. The minimum Gasteiger partial charge on any atom is -0.0827 e. The van der Waals surface area contributed by atoms with E-state index in [-0.39, 0.29) is 0 Å². The summed E-state index contributed by atoms with van der Waals surface area (Å²) in [5.74, 6) is 0. The van der Waals surface area contributed by atoms with Crippen molar-refractivity contribution in [1.82, 2.24) is 0 Å². The van der Waals surface area contributed by atoms with Gasteiger partial charge in [0.1, 0.15) is 0 Å². The van der Waals surface area contributed by atoms with Crippen molar-refractivity contribution in [2.24, 2.45) is 0 Å². The summed E-state index contributed by atoms with van der Waals surface area (Å²) in [6.07, 6.45) is 8.77. The first kappa shape index (κ1) is 32.9. The lowest BCUT2D eigenvalue weighted by Gasteiger charge is -2.25. The van der Waals surface area contributed by atoms with Crippen LogP contribution in [0.4, 0.5) is 0 Å². The molecule has 0 atom stereocenters. The second-order valence-electron chi connectivity index (χ2n) is 12.2. The number of hydrogen-bond donors (Lipinski definition) is 0. The van der Waals surface area contributed by atoms with Crippen LogP contribution in [-0.4, -0.2) is 0 Å². The van der Waals surface area contributed by atoms with E-state index in [0.29, 0.717) is 20.1 Å². The molecule has 0 aliphatic rings. The summed E-state index contributed by atoms with van der Waals surface area (Å²) < 4.78 is 0. The molecule has 6 aromatic carbocycles. The van der Waals surface area contributed by atoms with E-state index in [2.05, 4.69) is 86.6 Å². The number of hydrogen-bond acceptors (Lipinski definition) is 0. The minimum absolute atomic E-state index is 0.567. The maximum absolute atomic E-state index is 6.65. The monoisotopic (exact) mass is 682 g/mol. The lowest BCUT2D eigenvalue weighted by atomic mass is 9.79. The largest absolute Gasteiger partial charge is 0.0827 e. The van der Waals surface area contributed by atoms with Crippen LogP contribution in [0.25, 0.3) is 54.9 Å². The quantitative estimate of drug-likeness (QED) is 0.119. The predicted octanol–water partition coefficient (Wildman–Crippen LogP) is 15.1. The summed E-state index contributed by atoms with van der Waals surface area (Å²) in [6, 6.07) is 34.5. The minimum atomic E-state index is 0.567. The van der Waals surface area contributed by atoms with Gasteiger partial charge >= 0.3 is 0 Å². The molecule has 0 spiro atoms. The van der Waals surface area contributed by atoms with Gasteiger partial charge in [0.05, 0.1) is 20.1 Å². The molecule has 0 aromatic heterocycles. The lowest BCUT2D eigenvalue weighted by Crippen LogP contribution is -2.03. The van der Waals surface area contributed by atoms with Crippen molar-refractivity contribution >= 4 is 67.9 Å². The molecule has 0 heterocycles. The third kappa shape index (κ3) is 6.69. The van der Waals surface area contributed by atoms with Crippen LogP contribution < -0.4 is 0 Å². The normalized spacial score (nSPS) is 11.5. The molecule has 0 nitrogen and oxygen atoms in total. The number of fused-ring (bicyclic) bond motifs is 2. The van der Waals surface area contributed by atoms with E-state index in [9.17, 15) is 0 Å². The van der Waals surface area contributed by atoms with Gasteiger partial charge in [0.25, 0.3) is 0 Å². The summed E-state index contributed by atoms with van der Waals surface area (Å²) in [5.41, 5.74) is 9.96. The Kier molecular flexibility index (Phi) is 10.6. The van der Waals surface area contributed by atoms with E-state index >= 15 is 0 Å². The van der Waals surface area contributed by atoms with Crippen LogP contribution in [0.3, 0.4) is 0 Å². The van der Waals surface area contributed by atoms with Crippen LogP contribution in [0.15, 0.2) is 97.1 Å². The second-order valence-corrected chi connectivity index (χ2v) is 13.8. The highest BCUT2D eigenvalue weighted by Crippen LogP contribution is 2.47. The van der Waals surface area contributed by atoms with Gasteiger partial charge < -0.3 is 0 Å². The Morgan fingerprint density at radius 1 is 0.435 bits per heavy atom. The van der Waals surface area contributed by atoms with Crippen molar-refractivity contribution in [1.29, 1.82) is 0 Å².